The van der Waals surface area contributed by atoms with Crippen molar-refractivity contribution >= 4 is 0 Å². The molecule has 18 heavy (non-hydrogen) atoms. The Morgan fingerprint density at radius 3 is 2.17 bits per heavy atom. The standard InChI is InChI=1S/C16H31NO/c1-16(2,3)13-7-9-14(10-8-13)17-11-12-5-4-6-15(12)18/h12-15,17-18H,4-11H2,1-3H3. The average molecular weight is 253 g/mol. The van der Waals surface area contributed by atoms with Crippen LogP contribution in [0, 0.1) is 17.3 Å². The van der Waals surface area contributed by atoms with Crippen molar-refractivity contribution in [1.82, 2.24) is 5.32 Å². The molecular formula is C16H31NO. The van der Waals surface area contributed by atoms with E-state index in [-0.39, 0.29) is 6.10 Å². The van der Waals surface area contributed by atoms with Gasteiger partial charge in [0.15, 0.2) is 0 Å². The lowest BCUT2D eigenvalue weighted by atomic mass is 9.71. The Morgan fingerprint density at radius 2 is 1.67 bits per heavy atom. The van der Waals surface area contributed by atoms with E-state index in [0.29, 0.717) is 17.4 Å². The predicted molar refractivity (Wildman–Crippen MR) is 76.6 cm³/mol. The molecule has 2 heteroatoms. The average Bonchev–Trinajstić information content (AvgIpc) is 2.72. The molecule has 2 fully saturated rings. The summed E-state index contributed by atoms with van der Waals surface area (Å²) < 4.78 is 0. The lowest BCUT2D eigenvalue weighted by Gasteiger charge is -2.37. The first-order chi connectivity index (χ1) is 8.47. The van der Waals surface area contributed by atoms with Crippen molar-refractivity contribution < 1.29 is 5.11 Å². The number of aliphatic hydroxyl groups excluding tert-OH is 1. The van der Waals surface area contributed by atoms with Crippen LogP contribution in [0.3, 0.4) is 0 Å². The first-order valence-corrected chi connectivity index (χ1v) is 7.88. The van der Waals surface area contributed by atoms with Crippen molar-refractivity contribution in [2.24, 2.45) is 17.3 Å². The molecule has 2 nitrogen and oxygen atoms in total. The third-order valence-corrected chi connectivity index (χ3v) is 5.24. The number of aliphatic hydroxyl groups is 1. The normalized spacial score (nSPS) is 38.0. The molecule has 0 aromatic carbocycles. The van der Waals surface area contributed by atoms with Gasteiger partial charge in [0.2, 0.25) is 0 Å². The van der Waals surface area contributed by atoms with Gasteiger partial charge in [0.1, 0.15) is 0 Å². The fourth-order valence-electron chi connectivity index (χ4n) is 3.74. The molecule has 0 heterocycles. The van der Waals surface area contributed by atoms with Crippen LogP contribution < -0.4 is 5.32 Å². The minimum absolute atomic E-state index is 0.0385. The number of rotatable bonds is 3. The van der Waals surface area contributed by atoms with Gasteiger partial charge in [-0.3, -0.25) is 0 Å². The molecule has 0 amide bonds. The van der Waals surface area contributed by atoms with E-state index >= 15 is 0 Å². The fourth-order valence-corrected chi connectivity index (χ4v) is 3.74. The molecule has 2 atom stereocenters. The summed E-state index contributed by atoms with van der Waals surface area (Å²) >= 11 is 0. The van der Waals surface area contributed by atoms with Gasteiger partial charge in [-0.15, -0.1) is 0 Å². The Bertz CT molecular complexity index is 250. The topological polar surface area (TPSA) is 32.3 Å². The Morgan fingerprint density at radius 1 is 1.00 bits per heavy atom. The van der Waals surface area contributed by atoms with Crippen LogP contribution in [-0.4, -0.2) is 23.8 Å². The molecule has 0 aromatic heterocycles. The summed E-state index contributed by atoms with van der Waals surface area (Å²) in [5, 5.41) is 13.5. The highest BCUT2D eigenvalue weighted by Gasteiger charge is 2.30. The summed E-state index contributed by atoms with van der Waals surface area (Å²) in [6, 6.07) is 0.705. The predicted octanol–water partition coefficient (Wildman–Crippen LogP) is 3.34. The van der Waals surface area contributed by atoms with Crippen molar-refractivity contribution in [1.29, 1.82) is 0 Å². The van der Waals surface area contributed by atoms with Gasteiger partial charge in [-0.2, -0.15) is 0 Å². The highest BCUT2D eigenvalue weighted by Crippen LogP contribution is 2.37. The van der Waals surface area contributed by atoms with E-state index in [1.165, 1.54) is 38.5 Å². The molecule has 0 aromatic rings. The maximum atomic E-state index is 9.83. The van der Waals surface area contributed by atoms with Crippen molar-refractivity contribution in [3.8, 4) is 0 Å². The van der Waals surface area contributed by atoms with E-state index in [9.17, 15) is 5.11 Å². The summed E-state index contributed by atoms with van der Waals surface area (Å²) in [5.74, 6) is 1.41. The second kappa shape index (κ2) is 5.92. The fraction of sp³-hybridized carbons (Fsp3) is 1.00. The zero-order valence-corrected chi connectivity index (χ0v) is 12.4. The van der Waals surface area contributed by atoms with Crippen molar-refractivity contribution in [2.75, 3.05) is 6.54 Å². The Kier molecular flexibility index (Phi) is 4.71. The van der Waals surface area contributed by atoms with E-state index in [4.69, 9.17) is 0 Å². The third kappa shape index (κ3) is 3.71. The molecule has 0 spiro atoms. The van der Waals surface area contributed by atoms with Crippen molar-refractivity contribution in [2.45, 2.75) is 77.9 Å². The minimum atomic E-state index is -0.0385. The smallest absolute Gasteiger partial charge is 0.0580 e. The maximum Gasteiger partial charge on any atom is 0.0580 e. The van der Waals surface area contributed by atoms with E-state index in [0.717, 1.165) is 18.9 Å². The lowest BCUT2D eigenvalue weighted by molar-refractivity contribution is 0.122. The molecular weight excluding hydrogens is 222 g/mol. The van der Waals surface area contributed by atoms with Crippen LogP contribution in [0.25, 0.3) is 0 Å². The summed E-state index contributed by atoms with van der Waals surface area (Å²) in [7, 11) is 0. The summed E-state index contributed by atoms with van der Waals surface area (Å²) in [4.78, 5) is 0. The highest BCUT2D eigenvalue weighted by molar-refractivity contribution is 4.85. The molecule has 0 saturated heterocycles. The molecule has 0 aliphatic heterocycles. The third-order valence-electron chi connectivity index (χ3n) is 5.24. The second-order valence-electron chi connectivity index (χ2n) is 7.58. The zero-order chi connectivity index (χ0) is 13.2. The van der Waals surface area contributed by atoms with Crippen LogP contribution in [-0.2, 0) is 0 Å². The van der Waals surface area contributed by atoms with Crippen LogP contribution >= 0.6 is 0 Å². The van der Waals surface area contributed by atoms with E-state index < -0.39 is 0 Å². The van der Waals surface area contributed by atoms with Gasteiger partial charge < -0.3 is 10.4 Å². The number of nitrogens with one attached hydrogen (secondary N) is 1. The Balaban J connectivity index is 1.67. The molecule has 0 radical (unpaired) electrons. The van der Waals surface area contributed by atoms with Crippen molar-refractivity contribution in [3.05, 3.63) is 0 Å². The van der Waals surface area contributed by atoms with Gasteiger partial charge in [-0.05, 0) is 55.8 Å². The SMILES string of the molecule is CC(C)(C)C1CCC(NCC2CCCC2O)CC1. The van der Waals surface area contributed by atoms with Gasteiger partial charge in [0.25, 0.3) is 0 Å². The highest BCUT2D eigenvalue weighted by atomic mass is 16.3. The summed E-state index contributed by atoms with van der Waals surface area (Å²) in [6.07, 6.45) is 8.79. The first kappa shape index (κ1) is 14.3. The zero-order valence-electron chi connectivity index (χ0n) is 12.4. The first-order valence-electron chi connectivity index (χ1n) is 7.88. The second-order valence-corrected chi connectivity index (χ2v) is 7.58. The van der Waals surface area contributed by atoms with Gasteiger partial charge in [-0.25, -0.2) is 0 Å². The molecule has 2 aliphatic carbocycles. The lowest BCUT2D eigenvalue weighted by Crippen LogP contribution is -2.39. The molecule has 2 aliphatic rings. The monoisotopic (exact) mass is 253 g/mol. The van der Waals surface area contributed by atoms with Gasteiger partial charge in [-0.1, -0.05) is 27.2 Å². The van der Waals surface area contributed by atoms with Gasteiger partial charge >= 0.3 is 0 Å². The molecule has 2 N–H and O–H groups in total. The van der Waals surface area contributed by atoms with Crippen LogP contribution in [0.15, 0.2) is 0 Å². The maximum absolute atomic E-state index is 9.83. The van der Waals surface area contributed by atoms with Gasteiger partial charge in [0, 0.05) is 12.6 Å². The van der Waals surface area contributed by atoms with E-state index in [1.54, 1.807) is 0 Å². The van der Waals surface area contributed by atoms with Crippen LogP contribution in [0.5, 0.6) is 0 Å². The Labute approximate surface area is 113 Å². The molecule has 0 bridgehead atoms. The Hall–Kier alpha value is -0.0800. The largest absolute Gasteiger partial charge is 0.393 e. The molecule has 2 unspecified atom stereocenters. The quantitative estimate of drug-likeness (QED) is 0.808. The number of hydrogen-bond acceptors (Lipinski definition) is 2. The summed E-state index contributed by atoms with van der Waals surface area (Å²) in [5.41, 5.74) is 0.479. The van der Waals surface area contributed by atoms with Crippen LogP contribution in [0.1, 0.15) is 65.7 Å². The minimum Gasteiger partial charge on any atom is -0.393 e. The van der Waals surface area contributed by atoms with Gasteiger partial charge in [0.05, 0.1) is 6.10 Å². The molecule has 2 rings (SSSR count). The summed E-state index contributed by atoms with van der Waals surface area (Å²) in [6.45, 7) is 8.16. The molecule has 106 valence electrons. The number of hydrogen-bond donors (Lipinski definition) is 2. The van der Waals surface area contributed by atoms with E-state index in [2.05, 4.69) is 26.1 Å². The molecule has 2 saturated carbocycles. The van der Waals surface area contributed by atoms with Crippen LogP contribution in [0.2, 0.25) is 0 Å². The van der Waals surface area contributed by atoms with Crippen LogP contribution in [0.4, 0.5) is 0 Å². The van der Waals surface area contributed by atoms with E-state index in [1.807, 2.05) is 0 Å². The van der Waals surface area contributed by atoms with Crippen molar-refractivity contribution in [3.63, 3.8) is 0 Å².